The molecule has 8 nitrogen and oxygen atoms in total. The Bertz CT molecular complexity index is 2120. The number of thiazole rings is 1. The Hall–Kier alpha value is -5.78. The number of rotatable bonds is 11. The third-order valence-electron chi connectivity index (χ3n) is 7.24. The quantitative estimate of drug-likeness (QED) is 0.0933. The highest BCUT2D eigenvalue weighted by molar-refractivity contribution is 8.00. The van der Waals surface area contributed by atoms with E-state index in [1.54, 1.807) is 61.7 Å². The summed E-state index contributed by atoms with van der Waals surface area (Å²) in [6.45, 7) is 0. The Labute approximate surface area is 290 Å². The molecule has 1 aromatic heterocycles. The predicted octanol–water partition coefficient (Wildman–Crippen LogP) is 8.33. The van der Waals surface area contributed by atoms with Crippen LogP contribution in [0.2, 0.25) is 0 Å². The molecule has 6 aromatic rings. The molecule has 0 aliphatic rings. The number of fused-ring (bicyclic) bond motifs is 1. The molecule has 0 saturated carbocycles. The van der Waals surface area contributed by atoms with Gasteiger partial charge in [0, 0.05) is 16.1 Å². The van der Waals surface area contributed by atoms with Gasteiger partial charge in [0.25, 0.3) is 11.8 Å². The smallest absolute Gasteiger partial charge is 0.272 e. The van der Waals surface area contributed by atoms with Crippen LogP contribution in [0, 0.1) is 5.82 Å². The van der Waals surface area contributed by atoms with Crippen LogP contribution < -0.4 is 20.7 Å². The second kappa shape index (κ2) is 15.4. The van der Waals surface area contributed by atoms with Gasteiger partial charge in [-0.05, 0) is 83.9 Å². The van der Waals surface area contributed by atoms with Crippen molar-refractivity contribution in [2.75, 3.05) is 17.7 Å². The lowest BCUT2D eigenvalue weighted by Crippen LogP contribution is -2.30. The zero-order valence-corrected chi connectivity index (χ0v) is 27.7. The molecule has 1 unspecified atom stereocenters. The first kappa shape index (κ1) is 33.1. The van der Waals surface area contributed by atoms with E-state index in [4.69, 9.17) is 4.74 Å². The number of hydrogen-bond acceptors (Lipinski definition) is 7. The van der Waals surface area contributed by atoms with Gasteiger partial charge in [0.1, 0.15) is 22.5 Å². The second-order valence-electron chi connectivity index (χ2n) is 10.7. The molecule has 0 saturated heterocycles. The fourth-order valence-corrected chi connectivity index (χ4v) is 6.70. The fourth-order valence-electron chi connectivity index (χ4n) is 4.78. The van der Waals surface area contributed by atoms with Gasteiger partial charge >= 0.3 is 0 Å². The van der Waals surface area contributed by atoms with Gasteiger partial charge in [-0.3, -0.25) is 14.4 Å². The topological polar surface area (TPSA) is 109 Å². The number of nitrogens with one attached hydrogen (secondary N) is 3. The van der Waals surface area contributed by atoms with E-state index in [1.807, 2.05) is 48.5 Å². The number of ether oxygens (including phenoxy) is 1. The number of benzene rings is 5. The number of hydrogen-bond donors (Lipinski definition) is 3. The molecule has 244 valence electrons. The number of anilines is 2. The number of aromatic nitrogens is 1. The van der Waals surface area contributed by atoms with Crippen LogP contribution in [0.4, 0.5) is 15.2 Å². The van der Waals surface area contributed by atoms with Crippen LogP contribution in [0.3, 0.4) is 0 Å². The molecular formula is C38H29FN4O4S2. The summed E-state index contributed by atoms with van der Waals surface area (Å²) in [5.74, 6) is -0.970. The van der Waals surface area contributed by atoms with Crippen molar-refractivity contribution in [2.24, 2.45) is 0 Å². The van der Waals surface area contributed by atoms with Crippen LogP contribution in [0.15, 0.2) is 138 Å². The molecule has 49 heavy (non-hydrogen) atoms. The molecule has 0 spiro atoms. The molecule has 0 aliphatic heterocycles. The van der Waals surface area contributed by atoms with Crippen LogP contribution in [0.5, 0.6) is 5.75 Å². The molecule has 0 radical (unpaired) electrons. The maximum atomic E-state index is 13.7. The second-order valence-corrected chi connectivity index (χ2v) is 12.9. The molecule has 3 amide bonds. The SMILES string of the molecule is COc1ccc2nc(NC(=O)C(Sc3ccc(NC(=O)/C(=C/c4ccc(F)cc4)NC(=O)c4ccccc4)cc3)c3ccccc3)sc2c1. The molecule has 0 aliphatic carbocycles. The van der Waals surface area contributed by atoms with Crippen molar-refractivity contribution in [3.63, 3.8) is 0 Å². The van der Waals surface area contributed by atoms with E-state index in [2.05, 4.69) is 20.9 Å². The summed E-state index contributed by atoms with van der Waals surface area (Å²) in [7, 11) is 1.60. The molecule has 0 fully saturated rings. The summed E-state index contributed by atoms with van der Waals surface area (Å²) in [4.78, 5) is 45.4. The Kier molecular flexibility index (Phi) is 10.4. The largest absolute Gasteiger partial charge is 0.497 e. The van der Waals surface area contributed by atoms with Crippen molar-refractivity contribution < 1.29 is 23.5 Å². The number of amides is 3. The maximum Gasteiger partial charge on any atom is 0.272 e. The highest BCUT2D eigenvalue weighted by Crippen LogP contribution is 2.38. The first-order chi connectivity index (χ1) is 23.8. The number of halogens is 1. The van der Waals surface area contributed by atoms with E-state index in [-0.39, 0.29) is 11.6 Å². The fraction of sp³-hybridized carbons (Fsp3) is 0.0526. The van der Waals surface area contributed by atoms with Gasteiger partial charge in [-0.25, -0.2) is 9.37 Å². The standard InChI is InChI=1S/C38H29FN4O4S2/c1-47-29-18-21-31-33(23-29)49-38(42-31)43-37(46)34(25-8-4-2-5-9-25)48-30-19-16-28(17-20-30)40-36(45)32(22-24-12-14-27(39)15-13-24)41-35(44)26-10-6-3-7-11-26/h2-23,34H,1H3,(H,40,45)(H,41,44)(H,42,43,46)/b32-22-. The lowest BCUT2D eigenvalue weighted by Gasteiger charge is -2.16. The monoisotopic (exact) mass is 688 g/mol. The van der Waals surface area contributed by atoms with Crippen molar-refractivity contribution in [3.05, 3.63) is 156 Å². The highest BCUT2D eigenvalue weighted by Gasteiger charge is 2.24. The third kappa shape index (κ3) is 8.58. The minimum atomic E-state index is -0.596. The average Bonchev–Trinajstić information content (AvgIpc) is 3.53. The Balaban J connectivity index is 1.18. The lowest BCUT2D eigenvalue weighted by atomic mass is 10.1. The zero-order valence-electron chi connectivity index (χ0n) is 26.1. The summed E-state index contributed by atoms with van der Waals surface area (Å²) < 4.78 is 19.7. The Morgan fingerprint density at radius 1 is 0.837 bits per heavy atom. The Morgan fingerprint density at radius 2 is 1.53 bits per heavy atom. The van der Waals surface area contributed by atoms with Crippen molar-refractivity contribution in [1.29, 1.82) is 0 Å². The summed E-state index contributed by atoms with van der Waals surface area (Å²) in [6, 6.07) is 36.1. The molecule has 11 heteroatoms. The predicted molar refractivity (Wildman–Crippen MR) is 193 cm³/mol. The molecule has 6 rings (SSSR count). The third-order valence-corrected chi connectivity index (χ3v) is 9.44. The number of thioether (sulfide) groups is 1. The zero-order chi connectivity index (χ0) is 34.2. The van der Waals surface area contributed by atoms with Crippen LogP contribution in [0.25, 0.3) is 16.3 Å². The van der Waals surface area contributed by atoms with Gasteiger partial charge in [-0.2, -0.15) is 0 Å². The molecule has 1 heterocycles. The van der Waals surface area contributed by atoms with Gasteiger partial charge < -0.3 is 20.7 Å². The van der Waals surface area contributed by atoms with Gasteiger partial charge in [-0.1, -0.05) is 72.0 Å². The molecule has 3 N–H and O–H groups in total. The minimum Gasteiger partial charge on any atom is -0.497 e. The Morgan fingerprint density at radius 3 is 2.22 bits per heavy atom. The number of carbonyl (C=O) groups is 3. The first-order valence-corrected chi connectivity index (χ1v) is 16.8. The number of carbonyl (C=O) groups excluding carboxylic acids is 3. The summed E-state index contributed by atoms with van der Waals surface area (Å²) in [5, 5.41) is 8.36. The van der Waals surface area contributed by atoms with E-state index in [9.17, 15) is 18.8 Å². The van der Waals surface area contributed by atoms with Gasteiger partial charge in [-0.15, -0.1) is 11.8 Å². The highest BCUT2D eigenvalue weighted by atomic mass is 32.2. The first-order valence-electron chi connectivity index (χ1n) is 15.1. The maximum absolute atomic E-state index is 13.7. The van der Waals surface area contributed by atoms with Crippen LogP contribution >= 0.6 is 23.1 Å². The number of nitrogens with zero attached hydrogens (tertiary/aromatic N) is 1. The minimum absolute atomic E-state index is 0.0204. The van der Waals surface area contributed by atoms with Crippen LogP contribution in [-0.2, 0) is 9.59 Å². The average molecular weight is 689 g/mol. The van der Waals surface area contributed by atoms with E-state index < -0.39 is 22.9 Å². The van der Waals surface area contributed by atoms with E-state index >= 15 is 0 Å². The van der Waals surface area contributed by atoms with E-state index in [0.29, 0.717) is 27.7 Å². The van der Waals surface area contributed by atoms with Crippen LogP contribution in [-0.4, -0.2) is 29.8 Å². The van der Waals surface area contributed by atoms with Gasteiger partial charge in [0.15, 0.2) is 5.13 Å². The number of methoxy groups -OCH3 is 1. The van der Waals surface area contributed by atoms with Crippen molar-refractivity contribution >= 4 is 67.9 Å². The molecule has 5 aromatic carbocycles. The van der Waals surface area contributed by atoms with Crippen molar-refractivity contribution in [3.8, 4) is 5.75 Å². The molecule has 0 bridgehead atoms. The molecular weight excluding hydrogens is 660 g/mol. The van der Waals surface area contributed by atoms with Crippen LogP contribution in [0.1, 0.15) is 26.7 Å². The molecule has 1 atom stereocenters. The van der Waals surface area contributed by atoms with Gasteiger partial charge in [0.05, 0.1) is 17.3 Å². The van der Waals surface area contributed by atoms with Gasteiger partial charge in [0.2, 0.25) is 5.91 Å². The summed E-state index contributed by atoms with van der Waals surface area (Å²) in [5.41, 5.74) is 2.93. The van der Waals surface area contributed by atoms with E-state index in [0.717, 1.165) is 20.7 Å². The summed E-state index contributed by atoms with van der Waals surface area (Å²) in [6.07, 6.45) is 1.48. The van der Waals surface area contributed by atoms with Crippen molar-refractivity contribution in [1.82, 2.24) is 10.3 Å². The van der Waals surface area contributed by atoms with E-state index in [1.165, 1.54) is 53.4 Å². The lowest BCUT2D eigenvalue weighted by molar-refractivity contribution is -0.116. The normalized spacial score (nSPS) is 11.8. The summed E-state index contributed by atoms with van der Waals surface area (Å²) >= 11 is 2.73. The van der Waals surface area contributed by atoms with Crippen molar-refractivity contribution in [2.45, 2.75) is 10.1 Å².